The van der Waals surface area contributed by atoms with Crippen molar-refractivity contribution >= 4 is 11.4 Å². The fraction of sp³-hybridized carbons (Fsp3) is 0.538. The summed E-state index contributed by atoms with van der Waals surface area (Å²) in [5.74, 6) is 0.344. The van der Waals surface area contributed by atoms with Gasteiger partial charge in [0.2, 0.25) is 0 Å². The van der Waals surface area contributed by atoms with Crippen LogP contribution >= 0.6 is 0 Å². The fourth-order valence-electron chi connectivity index (χ4n) is 2.29. The predicted octanol–water partition coefficient (Wildman–Crippen LogP) is 1.79. The highest BCUT2D eigenvalue weighted by Gasteiger charge is 2.20. The first-order chi connectivity index (χ1) is 9.11. The molecule has 0 aromatic heterocycles. The van der Waals surface area contributed by atoms with Crippen molar-refractivity contribution < 1.29 is 9.66 Å². The van der Waals surface area contributed by atoms with Crippen molar-refractivity contribution in [2.24, 2.45) is 0 Å². The van der Waals surface area contributed by atoms with Gasteiger partial charge < -0.3 is 15.0 Å². The van der Waals surface area contributed by atoms with Crippen LogP contribution in [-0.2, 0) is 0 Å². The van der Waals surface area contributed by atoms with Gasteiger partial charge in [-0.25, -0.2) is 0 Å². The number of rotatable bonds is 4. The molecule has 1 aromatic carbocycles. The molecule has 0 spiro atoms. The Balaban J connectivity index is 2.26. The quantitative estimate of drug-likeness (QED) is 0.664. The molecule has 1 saturated heterocycles. The monoisotopic (exact) mass is 265 g/mol. The summed E-state index contributed by atoms with van der Waals surface area (Å²) in [4.78, 5) is 12.7. The summed E-state index contributed by atoms with van der Waals surface area (Å²) in [6.07, 6.45) is 0. The summed E-state index contributed by atoms with van der Waals surface area (Å²) in [5.41, 5.74) is 0.996. The third-order valence-corrected chi connectivity index (χ3v) is 3.17. The van der Waals surface area contributed by atoms with Crippen LogP contribution in [0.1, 0.15) is 13.8 Å². The van der Waals surface area contributed by atoms with Gasteiger partial charge in [0.15, 0.2) is 5.75 Å². The van der Waals surface area contributed by atoms with E-state index in [1.165, 1.54) is 6.07 Å². The van der Waals surface area contributed by atoms with E-state index in [4.69, 9.17) is 4.74 Å². The van der Waals surface area contributed by atoms with Crippen LogP contribution in [0.15, 0.2) is 18.2 Å². The highest BCUT2D eigenvalue weighted by Crippen LogP contribution is 2.32. The number of ether oxygens (including phenoxy) is 1. The highest BCUT2D eigenvalue weighted by atomic mass is 16.6. The molecule has 0 saturated carbocycles. The van der Waals surface area contributed by atoms with Crippen LogP contribution in [0.25, 0.3) is 0 Å². The van der Waals surface area contributed by atoms with Crippen molar-refractivity contribution in [3.63, 3.8) is 0 Å². The number of benzene rings is 1. The smallest absolute Gasteiger partial charge is 0.311 e. The van der Waals surface area contributed by atoms with E-state index in [0.29, 0.717) is 18.4 Å². The van der Waals surface area contributed by atoms with E-state index in [2.05, 4.69) is 17.1 Å². The minimum absolute atomic E-state index is 0.0220. The van der Waals surface area contributed by atoms with Gasteiger partial charge in [-0.05, 0) is 19.9 Å². The molecule has 0 bridgehead atoms. The minimum Gasteiger partial charge on any atom is -0.487 e. The second-order valence-electron chi connectivity index (χ2n) is 4.64. The van der Waals surface area contributed by atoms with E-state index >= 15 is 0 Å². The Morgan fingerprint density at radius 3 is 3.00 bits per heavy atom. The first kappa shape index (κ1) is 13.6. The van der Waals surface area contributed by atoms with Gasteiger partial charge in [-0.3, -0.25) is 10.1 Å². The van der Waals surface area contributed by atoms with Crippen molar-refractivity contribution in [2.75, 3.05) is 31.1 Å². The zero-order valence-corrected chi connectivity index (χ0v) is 11.3. The maximum Gasteiger partial charge on any atom is 0.311 e. The van der Waals surface area contributed by atoms with Crippen molar-refractivity contribution in [1.29, 1.82) is 0 Å². The van der Waals surface area contributed by atoms with Crippen molar-refractivity contribution in [2.45, 2.75) is 19.9 Å². The maximum atomic E-state index is 10.9. The third kappa shape index (κ3) is 3.14. The molecule has 1 heterocycles. The van der Waals surface area contributed by atoms with Gasteiger partial charge in [-0.2, -0.15) is 0 Å². The van der Waals surface area contributed by atoms with Crippen molar-refractivity contribution in [1.82, 2.24) is 5.32 Å². The molecule has 0 aliphatic carbocycles. The molecule has 1 N–H and O–H groups in total. The van der Waals surface area contributed by atoms with Gasteiger partial charge in [0.1, 0.15) is 0 Å². The molecule has 2 rings (SSSR count). The average molecular weight is 265 g/mol. The van der Waals surface area contributed by atoms with Crippen LogP contribution in [0.5, 0.6) is 5.75 Å². The Bertz CT molecular complexity index is 464. The Labute approximate surface area is 112 Å². The molecule has 1 aliphatic rings. The maximum absolute atomic E-state index is 10.9. The van der Waals surface area contributed by atoms with Crippen LogP contribution in [0.2, 0.25) is 0 Å². The molecule has 1 fully saturated rings. The molecule has 19 heavy (non-hydrogen) atoms. The van der Waals surface area contributed by atoms with E-state index in [1.807, 2.05) is 6.92 Å². The summed E-state index contributed by atoms with van der Waals surface area (Å²) >= 11 is 0. The zero-order valence-electron chi connectivity index (χ0n) is 11.3. The lowest BCUT2D eigenvalue weighted by atomic mass is 10.2. The molecule has 1 aliphatic heterocycles. The minimum atomic E-state index is -0.408. The molecular weight excluding hydrogens is 246 g/mol. The molecule has 6 nitrogen and oxygen atoms in total. The normalized spacial score (nSPS) is 19.3. The number of hydrogen-bond donors (Lipinski definition) is 1. The lowest BCUT2D eigenvalue weighted by Crippen LogP contribution is -2.49. The van der Waals surface area contributed by atoms with E-state index in [1.54, 1.807) is 12.1 Å². The van der Waals surface area contributed by atoms with Gasteiger partial charge in [0.25, 0.3) is 0 Å². The molecular formula is C13H19N3O3. The third-order valence-electron chi connectivity index (χ3n) is 3.17. The van der Waals surface area contributed by atoms with Crippen LogP contribution in [0.4, 0.5) is 11.4 Å². The Kier molecular flexibility index (Phi) is 4.21. The molecule has 104 valence electrons. The van der Waals surface area contributed by atoms with Crippen LogP contribution in [0, 0.1) is 10.1 Å². The summed E-state index contributed by atoms with van der Waals surface area (Å²) in [7, 11) is 0. The first-order valence-electron chi connectivity index (χ1n) is 6.51. The Morgan fingerprint density at radius 1 is 1.58 bits per heavy atom. The number of nitro benzene ring substituents is 1. The largest absolute Gasteiger partial charge is 0.487 e. The topological polar surface area (TPSA) is 67.6 Å². The molecule has 6 heteroatoms. The van der Waals surface area contributed by atoms with Crippen molar-refractivity contribution in [3.8, 4) is 5.75 Å². The summed E-state index contributed by atoms with van der Waals surface area (Å²) in [6, 6.07) is 5.49. The number of anilines is 1. The zero-order chi connectivity index (χ0) is 13.8. The number of nitro groups is 1. The van der Waals surface area contributed by atoms with Gasteiger partial charge in [-0.1, -0.05) is 0 Å². The van der Waals surface area contributed by atoms with Gasteiger partial charge in [0.05, 0.1) is 11.5 Å². The number of hydrogen-bond acceptors (Lipinski definition) is 5. The predicted molar refractivity (Wildman–Crippen MR) is 73.9 cm³/mol. The number of nitrogens with zero attached hydrogens (tertiary/aromatic N) is 2. The summed E-state index contributed by atoms with van der Waals surface area (Å²) in [5, 5.41) is 14.3. The van der Waals surface area contributed by atoms with Gasteiger partial charge in [-0.15, -0.1) is 0 Å². The molecule has 0 amide bonds. The van der Waals surface area contributed by atoms with E-state index in [0.717, 1.165) is 25.3 Å². The van der Waals surface area contributed by atoms with Gasteiger partial charge >= 0.3 is 5.69 Å². The van der Waals surface area contributed by atoms with Crippen molar-refractivity contribution in [3.05, 3.63) is 28.3 Å². The SMILES string of the molecule is CCOc1cc(N2CCNC(C)C2)ccc1[N+](=O)[O-]. The molecule has 0 radical (unpaired) electrons. The van der Waals surface area contributed by atoms with Crippen LogP contribution < -0.4 is 15.0 Å². The molecule has 1 unspecified atom stereocenters. The summed E-state index contributed by atoms with van der Waals surface area (Å²) in [6.45, 7) is 7.08. The molecule has 1 atom stereocenters. The number of piperazine rings is 1. The van der Waals surface area contributed by atoms with E-state index in [9.17, 15) is 10.1 Å². The highest BCUT2D eigenvalue weighted by molar-refractivity contribution is 5.59. The second kappa shape index (κ2) is 5.88. The Hall–Kier alpha value is -1.82. The molecule has 1 aromatic rings. The lowest BCUT2D eigenvalue weighted by Gasteiger charge is -2.33. The average Bonchev–Trinajstić information content (AvgIpc) is 2.39. The second-order valence-corrected chi connectivity index (χ2v) is 4.64. The van der Waals surface area contributed by atoms with Crippen LogP contribution in [-0.4, -0.2) is 37.2 Å². The lowest BCUT2D eigenvalue weighted by molar-refractivity contribution is -0.385. The first-order valence-corrected chi connectivity index (χ1v) is 6.51. The Morgan fingerprint density at radius 2 is 2.37 bits per heavy atom. The fourth-order valence-corrected chi connectivity index (χ4v) is 2.29. The number of nitrogens with one attached hydrogen (secondary N) is 1. The van der Waals surface area contributed by atoms with Crippen LogP contribution in [0.3, 0.4) is 0 Å². The van der Waals surface area contributed by atoms with E-state index < -0.39 is 4.92 Å². The standard InChI is InChI=1S/C13H19N3O3/c1-3-19-13-8-11(4-5-12(13)16(17)18)15-7-6-14-10(2)9-15/h4-5,8,10,14H,3,6-7,9H2,1-2H3. The van der Waals surface area contributed by atoms with E-state index in [-0.39, 0.29) is 5.69 Å². The summed E-state index contributed by atoms with van der Waals surface area (Å²) < 4.78 is 5.37. The van der Waals surface area contributed by atoms with Gasteiger partial charge in [0, 0.05) is 43.5 Å².